The van der Waals surface area contributed by atoms with Gasteiger partial charge in [-0.2, -0.15) is 0 Å². The number of benzene rings is 2. The van der Waals surface area contributed by atoms with Crippen molar-refractivity contribution >= 4 is 29.2 Å². The Morgan fingerprint density at radius 1 is 1.25 bits per heavy atom. The second-order valence-corrected chi connectivity index (χ2v) is 6.05. The Hall–Kier alpha value is -3.46. The third-order valence-corrected chi connectivity index (χ3v) is 4.08. The van der Waals surface area contributed by atoms with Gasteiger partial charge in [0.2, 0.25) is 0 Å². The van der Waals surface area contributed by atoms with E-state index in [1.54, 1.807) is 12.1 Å². The zero-order valence-corrected chi connectivity index (χ0v) is 15.1. The summed E-state index contributed by atoms with van der Waals surface area (Å²) in [5.41, 5.74) is 2.21. The van der Waals surface area contributed by atoms with Crippen LogP contribution in [0.5, 0.6) is 0 Å². The molecule has 0 aromatic heterocycles. The van der Waals surface area contributed by atoms with Crippen LogP contribution in [0.1, 0.15) is 5.56 Å². The Kier molecular flexibility index (Phi) is 6.53. The third kappa shape index (κ3) is 5.52. The van der Waals surface area contributed by atoms with Crippen LogP contribution in [0.15, 0.2) is 53.7 Å². The van der Waals surface area contributed by atoms with Gasteiger partial charge < -0.3 is 19.8 Å². The fourth-order valence-electron chi connectivity index (χ4n) is 2.69. The summed E-state index contributed by atoms with van der Waals surface area (Å²) in [5.74, 6) is -0.352. The molecule has 0 unspecified atom stereocenters. The van der Waals surface area contributed by atoms with Crippen LogP contribution in [0.25, 0.3) is 0 Å². The number of nitrogens with one attached hydrogen (secondary N) is 1. The maximum absolute atomic E-state index is 11.9. The van der Waals surface area contributed by atoms with Crippen molar-refractivity contribution < 1.29 is 19.3 Å². The third-order valence-electron chi connectivity index (χ3n) is 4.08. The number of carbonyl (C=O) groups is 1. The number of anilines is 2. The van der Waals surface area contributed by atoms with Gasteiger partial charge in [0.05, 0.1) is 24.4 Å². The molecule has 1 aliphatic rings. The zero-order chi connectivity index (χ0) is 19.8. The minimum atomic E-state index is -0.490. The van der Waals surface area contributed by atoms with Crippen LogP contribution in [0.4, 0.5) is 17.1 Å². The lowest BCUT2D eigenvalue weighted by Crippen LogP contribution is -2.36. The van der Waals surface area contributed by atoms with Gasteiger partial charge in [-0.1, -0.05) is 17.3 Å². The second kappa shape index (κ2) is 9.47. The van der Waals surface area contributed by atoms with Crippen molar-refractivity contribution in [2.75, 3.05) is 43.1 Å². The monoisotopic (exact) mass is 384 g/mol. The second-order valence-electron chi connectivity index (χ2n) is 6.05. The Balaban J connectivity index is 1.45. The van der Waals surface area contributed by atoms with Crippen molar-refractivity contribution in [2.45, 2.75) is 0 Å². The highest BCUT2D eigenvalue weighted by Crippen LogP contribution is 2.19. The van der Waals surface area contributed by atoms with Gasteiger partial charge in [0.15, 0.2) is 6.61 Å². The van der Waals surface area contributed by atoms with Crippen LogP contribution >= 0.6 is 0 Å². The summed E-state index contributed by atoms with van der Waals surface area (Å²) < 4.78 is 5.33. The van der Waals surface area contributed by atoms with E-state index in [0.29, 0.717) is 24.5 Å². The normalized spacial score (nSPS) is 14.1. The molecule has 28 heavy (non-hydrogen) atoms. The molecule has 2 aromatic carbocycles. The Morgan fingerprint density at radius 2 is 2.00 bits per heavy atom. The summed E-state index contributed by atoms with van der Waals surface area (Å²) in [6, 6.07) is 13.5. The number of ether oxygens (including phenoxy) is 1. The minimum Gasteiger partial charge on any atom is -0.386 e. The van der Waals surface area contributed by atoms with Gasteiger partial charge in [-0.15, -0.1) is 0 Å². The van der Waals surface area contributed by atoms with E-state index in [2.05, 4.69) is 15.4 Å². The first kappa shape index (κ1) is 19.3. The van der Waals surface area contributed by atoms with Gasteiger partial charge in [0.1, 0.15) is 0 Å². The van der Waals surface area contributed by atoms with Crippen LogP contribution in [0.3, 0.4) is 0 Å². The van der Waals surface area contributed by atoms with Crippen LogP contribution < -0.4 is 10.2 Å². The van der Waals surface area contributed by atoms with Gasteiger partial charge >= 0.3 is 0 Å². The Morgan fingerprint density at radius 3 is 2.71 bits per heavy atom. The fourth-order valence-corrected chi connectivity index (χ4v) is 2.69. The minimum absolute atomic E-state index is 0.0396. The molecule has 3 rings (SSSR count). The van der Waals surface area contributed by atoms with Gasteiger partial charge in [0.25, 0.3) is 11.6 Å². The predicted octanol–water partition coefficient (Wildman–Crippen LogP) is 2.42. The summed E-state index contributed by atoms with van der Waals surface area (Å²) >= 11 is 0. The molecule has 0 spiro atoms. The van der Waals surface area contributed by atoms with E-state index in [1.807, 2.05) is 24.3 Å². The summed E-state index contributed by atoms with van der Waals surface area (Å²) in [7, 11) is 0. The molecule has 9 nitrogen and oxygen atoms in total. The molecular formula is C19H20N4O5. The summed E-state index contributed by atoms with van der Waals surface area (Å²) in [6.45, 7) is 2.86. The average Bonchev–Trinajstić information content (AvgIpc) is 2.73. The van der Waals surface area contributed by atoms with Crippen molar-refractivity contribution in [1.29, 1.82) is 0 Å². The topological polar surface area (TPSA) is 106 Å². The number of morpholine rings is 1. The number of nitro groups is 1. The summed E-state index contributed by atoms with van der Waals surface area (Å²) in [5, 5.41) is 17.1. The number of hydrogen-bond donors (Lipinski definition) is 1. The van der Waals surface area contributed by atoms with Gasteiger partial charge in [-0.05, 0) is 24.3 Å². The SMILES string of the molecule is O=C(CON=Cc1cccc([N+](=O)[O-])c1)Nc1ccc(N2CCOCC2)cc1. The standard InChI is InChI=1S/C19H20N4O5/c24-19(14-28-20-13-15-2-1-3-18(12-15)23(25)26)21-16-4-6-17(7-5-16)22-8-10-27-11-9-22/h1-7,12-13H,8-11,14H2,(H,21,24). The Bertz CT molecular complexity index is 848. The molecular weight excluding hydrogens is 364 g/mol. The van der Waals surface area contributed by atoms with Gasteiger partial charge in [-0.3, -0.25) is 14.9 Å². The summed E-state index contributed by atoms with van der Waals surface area (Å²) in [6.07, 6.45) is 1.32. The van der Waals surface area contributed by atoms with Crippen molar-refractivity contribution in [3.63, 3.8) is 0 Å². The van der Waals surface area contributed by atoms with Crippen molar-refractivity contribution in [2.24, 2.45) is 5.16 Å². The maximum atomic E-state index is 11.9. The van der Waals surface area contributed by atoms with E-state index in [9.17, 15) is 14.9 Å². The van der Waals surface area contributed by atoms with Crippen molar-refractivity contribution in [3.8, 4) is 0 Å². The number of amides is 1. The molecule has 0 bridgehead atoms. The molecule has 1 aliphatic heterocycles. The number of non-ortho nitro benzene ring substituents is 1. The highest BCUT2D eigenvalue weighted by molar-refractivity contribution is 5.92. The summed E-state index contributed by atoms with van der Waals surface area (Å²) in [4.78, 5) is 29.3. The molecule has 146 valence electrons. The molecule has 0 saturated carbocycles. The van der Waals surface area contributed by atoms with Gasteiger partial charge in [-0.25, -0.2) is 0 Å². The lowest BCUT2D eigenvalue weighted by molar-refractivity contribution is -0.384. The predicted molar refractivity (Wildman–Crippen MR) is 105 cm³/mol. The maximum Gasteiger partial charge on any atom is 0.270 e. The van der Waals surface area contributed by atoms with Crippen LogP contribution in [0.2, 0.25) is 0 Å². The number of oxime groups is 1. The fraction of sp³-hybridized carbons (Fsp3) is 0.263. The molecule has 2 aromatic rings. The molecule has 0 aliphatic carbocycles. The molecule has 0 radical (unpaired) electrons. The molecule has 0 atom stereocenters. The lowest BCUT2D eigenvalue weighted by atomic mass is 10.2. The smallest absolute Gasteiger partial charge is 0.270 e. The molecule has 1 heterocycles. The number of nitrogens with zero attached hydrogens (tertiary/aromatic N) is 3. The number of carbonyl (C=O) groups excluding carboxylic acids is 1. The van der Waals surface area contributed by atoms with Crippen LogP contribution in [-0.2, 0) is 14.4 Å². The van der Waals surface area contributed by atoms with E-state index in [4.69, 9.17) is 9.57 Å². The van der Waals surface area contributed by atoms with Crippen LogP contribution in [0, 0.1) is 10.1 Å². The molecule has 1 N–H and O–H groups in total. The molecule has 1 amide bonds. The number of rotatable bonds is 7. The van der Waals surface area contributed by atoms with E-state index in [0.717, 1.165) is 18.8 Å². The Labute approximate surface area is 161 Å². The van der Waals surface area contributed by atoms with Crippen LogP contribution in [-0.4, -0.2) is 50.0 Å². The quantitative estimate of drug-likeness (QED) is 0.446. The highest BCUT2D eigenvalue weighted by atomic mass is 16.6. The molecule has 1 fully saturated rings. The lowest BCUT2D eigenvalue weighted by Gasteiger charge is -2.28. The first-order valence-corrected chi connectivity index (χ1v) is 8.74. The van der Waals surface area contributed by atoms with Crippen molar-refractivity contribution in [1.82, 2.24) is 0 Å². The van der Waals surface area contributed by atoms with E-state index in [1.165, 1.54) is 18.3 Å². The first-order chi connectivity index (χ1) is 13.6. The van der Waals surface area contributed by atoms with Crippen molar-refractivity contribution in [3.05, 3.63) is 64.2 Å². The highest BCUT2D eigenvalue weighted by Gasteiger charge is 2.11. The zero-order valence-electron chi connectivity index (χ0n) is 15.1. The molecule has 9 heteroatoms. The number of nitro benzene ring substituents is 1. The number of hydrogen-bond acceptors (Lipinski definition) is 7. The van der Waals surface area contributed by atoms with Gasteiger partial charge in [0, 0.05) is 42.2 Å². The van der Waals surface area contributed by atoms with E-state index >= 15 is 0 Å². The average molecular weight is 384 g/mol. The first-order valence-electron chi connectivity index (χ1n) is 8.74. The van der Waals surface area contributed by atoms with E-state index in [-0.39, 0.29) is 18.2 Å². The largest absolute Gasteiger partial charge is 0.386 e. The van der Waals surface area contributed by atoms with E-state index < -0.39 is 4.92 Å². The molecule has 1 saturated heterocycles.